The molecule has 1 fully saturated rings. The van der Waals surface area contributed by atoms with Gasteiger partial charge in [0.25, 0.3) is 0 Å². The number of amides is 2. The third kappa shape index (κ3) is 6.55. The zero-order valence-corrected chi connectivity index (χ0v) is 22.5. The third-order valence-electron chi connectivity index (χ3n) is 6.07. The molecular formula is C27H27ClN4O5S. The van der Waals surface area contributed by atoms with Gasteiger partial charge in [0.1, 0.15) is 22.1 Å². The molecule has 2 N–H and O–H groups in total. The number of nitriles is 1. The first kappa shape index (κ1) is 27.3. The van der Waals surface area contributed by atoms with Crippen molar-refractivity contribution in [3.8, 4) is 23.3 Å². The number of hydrogen-bond acceptors (Lipinski definition) is 6. The highest BCUT2D eigenvalue weighted by Crippen LogP contribution is 2.34. The van der Waals surface area contributed by atoms with Crippen molar-refractivity contribution < 1.29 is 22.7 Å². The number of nitrogens with one attached hydrogen (secondary N) is 2. The molecule has 0 saturated carbocycles. The molecule has 1 saturated heterocycles. The van der Waals surface area contributed by atoms with Crippen molar-refractivity contribution in [1.29, 1.82) is 5.26 Å². The van der Waals surface area contributed by atoms with E-state index in [-0.39, 0.29) is 41.4 Å². The van der Waals surface area contributed by atoms with Gasteiger partial charge in [-0.05, 0) is 86.0 Å². The second-order valence-electron chi connectivity index (χ2n) is 8.84. The molecule has 11 heteroatoms. The monoisotopic (exact) mass is 554 g/mol. The number of urea groups is 1. The van der Waals surface area contributed by atoms with Crippen LogP contribution in [0.2, 0.25) is 5.02 Å². The minimum Gasteiger partial charge on any atom is -0.497 e. The van der Waals surface area contributed by atoms with Gasteiger partial charge in [-0.25, -0.2) is 13.2 Å². The van der Waals surface area contributed by atoms with E-state index in [1.807, 2.05) is 13.0 Å². The summed E-state index contributed by atoms with van der Waals surface area (Å²) in [5, 5.41) is 15.5. The van der Waals surface area contributed by atoms with Crippen LogP contribution >= 0.6 is 11.6 Å². The van der Waals surface area contributed by atoms with E-state index in [2.05, 4.69) is 10.6 Å². The maximum Gasteiger partial charge on any atom is 0.319 e. The molecular weight excluding hydrogens is 528 g/mol. The molecule has 0 aromatic heterocycles. The van der Waals surface area contributed by atoms with E-state index in [1.165, 1.54) is 22.5 Å². The Hall–Kier alpha value is -3.78. The SMILES string of the molecule is COc1ccc(NC(=O)NC2CCN(S(=O)(=O)c3cc(C#N)ccc3Oc3cc(C)cc(Cl)c3)CC2)cc1. The Morgan fingerprint density at radius 2 is 1.76 bits per heavy atom. The minimum absolute atomic E-state index is 0.0992. The summed E-state index contributed by atoms with van der Waals surface area (Å²) in [4.78, 5) is 12.3. The standard InChI is InChI=1S/C27H27ClN4O5S/c1-18-13-20(28)16-24(14-18)37-25-8-3-19(17-29)15-26(25)38(34,35)32-11-9-22(10-12-32)31-27(33)30-21-4-6-23(36-2)7-5-21/h3-8,13-16,22H,9-12H2,1-2H3,(H2,30,31,33). The average molecular weight is 555 g/mol. The number of benzene rings is 3. The average Bonchev–Trinajstić information content (AvgIpc) is 2.89. The Balaban J connectivity index is 1.44. The van der Waals surface area contributed by atoms with Crippen molar-refractivity contribution in [1.82, 2.24) is 9.62 Å². The molecule has 1 heterocycles. The number of sulfonamides is 1. The van der Waals surface area contributed by atoms with Crippen LogP contribution in [0.15, 0.2) is 65.6 Å². The Labute approximate surface area is 227 Å². The van der Waals surface area contributed by atoms with Gasteiger partial charge in [0.15, 0.2) is 0 Å². The number of halogens is 1. The maximum absolute atomic E-state index is 13.6. The van der Waals surface area contributed by atoms with Crippen molar-refractivity contribution in [3.63, 3.8) is 0 Å². The summed E-state index contributed by atoms with van der Waals surface area (Å²) in [5.41, 5.74) is 1.67. The summed E-state index contributed by atoms with van der Waals surface area (Å²) in [6, 6.07) is 17.8. The first-order valence-corrected chi connectivity index (χ1v) is 13.7. The zero-order valence-electron chi connectivity index (χ0n) is 20.9. The molecule has 2 amide bonds. The lowest BCUT2D eigenvalue weighted by atomic mass is 10.1. The molecule has 0 spiro atoms. The van der Waals surface area contributed by atoms with E-state index in [0.29, 0.717) is 35.1 Å². The Morgan fingerprint density at radius 1 is 1.05 bits per heavy atom. The van der Waals surface area contributed by atoms with Gasteiger partial charge in [-0.1, -0.05) is 11.6 Å². The van der Waals surface area contributed by atoms with Crippen LogP contribution < -0.4 is 20.1 Å². The topological polar surface area (TPSA) is 121 Å². The Morgan fingerprint density at radius 3 is 2.39 bits per heavy atom. The third-order valence-corrected chi connectivity index (χ3v) is 8.21. The molecule has 0 bridgehead atoms. The van der Waals surface area contributed by atoms with Gasteiger partial charge in [-0.3, -0.25) is 0 Å². The highest BCUT2D eigenvalue weighted by Gasteiger charge is 2.32. The van der Waals surface area contributed by atoms with E-state index in [0.717, 1.165) is 5.56 Å². The van der Waals surface area contributed by atoms with Gasteiger partial charge in [0, 0.05) is 29.8 Å². The van der Waals surface area contributed by atoms with Gasteiger partial charge in [-0.2, -0.15) is 9.57 Å². The number of rotatable bonds is 7. The highest BCUT2D eigenvalue weighted by atomic mass is 35.5. The van der Waals surface area contributed by atoms with Crippen molar-refractivity contribution in [2.24, 2.45) is 0 Å². The first-order valence-electron chi connectivity index (χ1n) is 11.9. The predicted octanol–water partition coefficient (Wildman–Crippen LogP) is 5.30. The summed E-state index contributed by atoms with van der Waals surface area (Å²) in [6.45, 7) is 2.25. The molecule has 0 aliphatic carbocycles. The van der Waals surface area contributed by atoms with Gasteiger partial charge >= 0.3 is 6.03 Å². The Bertz CT molecular complexity index is 1440. The van der Waals surface area contributed by atoms with Crippen LogP contribution in [0.3, 0.4) is 0 Å². The van der Waals surface area contributed by atoms with E-state index in [1.54, 1.807) is 49.6 Å². The van der Waals surface area contributed by atoms with Crippen molar-refractivity contribution >= 4 is 33.3 Å². The number of ether oxygens (including phenoxy) is 2. The number of anilines is 1. The molecule has 198 valence electrons. The smallest absolute Gasteiger partial charge is 0.319 e. The molecule has 1 aliphatic heterocycles. The number of carbonyl (C=O) groups excluding carboxylic acids is 1. The maximum atomic E-state index is 13.6. The second-order valence-corrected chi connectivity index (χ2v) is 11.2. The molecule has 0 atom stereocenters. The lowest BCUT2D eigenvalue weighted by Gasteiger charge is -2.32. The lowest BCUT2D eigenvalue weighted by Crippen LogP contribution is -2.47. The van der Waals surface area contributed by atoms with E-state index >= 15 is 0 Å². The molecule has 4 rings (SSSR count). The molecule has 1 aliphatic rings. The lowest BCUT2D eigenvalue weighted by molar-refractivity contribution is 0.238. The molecule has 38 heavy (non-hydrogen) atoms. The highest BCUT2D eigenvalue weighted by molar-refractivity contribution is 7.89. The zero-order chi connectivity index (χ0) is 27.3. The van der Waals surface area contributed by atoms with Crippen LogP contribution in [0.1, 0.15) is 24.0 Å². The minimum atomic E-state index is -3.99. The van der Waals surface area contributed by atoms with E-state index < -0.39 is 10.0 Å². The number of piperidine rings is 1. The first-order chi connectivity index (χ1) is 18.2. The number of carbonyl (C=O) groups is 1. The van der Waals surface area contributed by atoms with E-state index in [9.17, 15) is 18.5 Å². The largest absolute Gasteiger partial charge is 0.497 e. The predicted molar refractivity (Wildman–Crippen MR) is 144 cm³/mol. The van der Waals surface area contributed by atoms with Crippen LogP contribution in [0.5, 0.6) is 17.2 Å². The summed E-state index contributed by atoms with van der Waals surface area (Å²) >= 11 is 6.13. The molecule has 3 aromatic carbocycles. The number of nitrogens with zero attached hydrogens (tertiary/aromatic N) is 2. The number of hydrogen-bond donors (Lipinski definition) is 2. The van der Waals surface area contributed by atoms with Crippen LogP contribution in [-0.2, 0) is 10.0 Å². The molecule has 0 unspecified atom stereocenters. The van der Waals surface area contributed by atoms with E-state index in [4.69, 9.17) is 21.1 Å². The van der Waals surface area contributed by atoms with Crippen molar-refractivity contribution in [3.05, 3.63) is 76.8 Å². The summed E-state index contributed by atoms with van der Waals surface area (Å²) in [7, 11) is -2.42. The van der Waals surface area contributed by atoms with Gasteiger partial charge < -0.3 is 20.1 Å². The van der Waals surface area contributed by atoms with Crippen LogP contribution in [-0.4, -0.2) is 45.0 Å². The van der Waals surface area contributed by atoms with Gasteiger partial charge in [0.05, 0.1) is 18.7 Å². The van der Waals surface area contributed by atoms with Crippen molar-refractivity contribution in [2.45, 2.75) is 30.7 Å². The molecule has 9 nitrogen and oxygen atoms in total. The fraction of sp³-hybridized carbons (Fsp3) is 0.259. The molecule has 0 radical (unpaired) electrons. The fourth-order valence-electron chi connectivity index (χ4n) is 4.16. The van der Waals surface area contributed by atoms with Crippen molar-refractivity contribution in [2.75, 3.05) is 25.5 Å². The Kier molecular flexibility index (Phi) is 8.42. The molecule has 3 aromatic rings. The van der Waals surface area contributed by atoms with Crippen LogP contribution in [0, 0.1) is 18.3 Å². The second kappa shape index (κ2) is 11.7. The summed E-state index contributed by atoms with van der Waals surface area (Å²) < 4.78 is 39.6. The summed E-state index contributed by atoms with van der Waals surface area (Å²) in [5.74, 6) is 1.17. The quantitative estimate of drug-likeness (QED) is 0.409. The fourth-order valence-corrected chi connectivity index (χ4v) is 6.05. The normalized spacial score (nSPS) is 14.4. The van der Waals surface area contributed by atoms with Crippen LogP contribution in [0.25, 0.3) is 0 Å². The van der Waals surface area contributed by atoms with Gasteiger partial charge in [0.2, 0.25) is 10.0 Å². The van der Waals surface area contributed by atoms with Gasteiger partial charge in [-0.15, -0.1) is 0 Å². The summed E-state index contributed by atoms with van der Waals surface area (Å²) in [6.07, 6.45) is 0.855. The number of methoxy groups -OCH3 is 1. The number of aryl methyl sites for hydroxylation is 1. The van der Waals surface area contributed by atoms with Crippen LogP contribution in [0.4, 0.5) is 10.5 Å².